The number of piperidine rings is 1. The third-order valence-electron chi connectivity index (χ3n) is 12.3. The van der Waals surface area contributed by atoms with E-state index in [9.17, 15) is 33.5 Å². The Morgan fingerprint density at radius 2 is 1.88 bits per heavy atom. The Morgan fingerprint density at radius 3 is 2.46 bits per heavy atom. The first kappa shape index (κ1) is 34.8. The van der Waals surface area contributed by atoms with E-state index in [0.29, 0.717) is 32.2 Å². The third kappa shape index (κ3) is 6.37. The molecule has 48 heavy (non-hydrogen) atoms. The molecular formula is C35H47F2N4O6P. The number of nitrogens with one attached hydrogen (secondary N) is 2. The normalized spacial score (nSPS) is 33.1. The number of carbonyl (C=O) groups excluding carboxylic acids is 2. The molecule has 6 rings (SSSR count). The molecule has 5 fully saturated rings. The van der Waals surface area contributed by atoms with Crippen LogP contribution in [0.1, 0.15) is 94.0 Å². The SMILES string of the molecule is COc1cc(C#N)c(OCC2CCC(C)(C(=O)O)CC2)cc1C(=O)N[C@H]1[C@@H](C(=O)NCC2(C)CCC2)[C@@]23CC2C[C@@H]1N3CCC(F)(F)P. The number of amides is 2. The first-order chi connectivity index (χ1) is 22.6. The van der Waals surface area contributed by atoms with Crippen LogP contribution < -0.4 is 20.1 Å². The maximum absolute atomic E-state index is 14.1. The number of hydrogen-bond acceptors (Lipinski definition) is 7. The fourth-order valence-electron chi connectivity index (χ4n) is 8.96. The maximum Gasteiger partial charge on any atom is 0.309 e. The zero-order chi connectivity index (χ0) is 34.6. The zero-order valence-electron chi connectivity index (χ0n) is 28.0. The molecule has 13 heteroatoms. The highest BCUT2D eigenvalue weighted by atomic mass is 31.0. The molecule has 3 N–H and O–H groups in total. The van der Waals surface area contributed by atoms with Crippen molar-refractivity contribution in [2.24, 2.45) is 28.6 Å². The van der Waals surface area contributed by atoms with E-state index in [1.54, 1.807) is 16.2 Å². The molecule has 3 saturated carbocycles. The Balaban J connectivity index is 1.21. The van der Waals surface area contributed by atoms with Crippen LogP contribution in [-0.2, 0) is 9.59 Å². The second-order valence-electron chi connectivity index (χ2n) is 15.5. The molecule has 1 aromatic rings. The van der Waals surface area contributed by atoms with E-state index in [2.05, 4.69) is 28.5 Å². The van der Waals surface area contributed by atoms with E-state index in [1.165, 1.54) is 19.2 Å². The number of hydrogen-bond donors (Lipinski definition) is 3. The lowest BCUT2D eigenvalue weighted by molar-refractivity contribution is -0.150. The van der Waals surface area contributed by atoms with Gasteiger partial charge in [-0.2, -0.15) is 5.26 Å². The smallest absolute Gasteiger partial charge is 0.309 e. The van der Waals surface area contributed by atoms with Gasteiger partial charge in [0.2, 0.25) is 5.91 Å². The highest BCUT2D eigenvalue weighted by Gasteiger charge is 2.78. The molecule has 1 aromatic carbocycles. The Morgan fingerprint density at radius 1 is 1.17 bits per heavy atom. The molecular weight excluding hydrogens is 641 g/mol. The van der Waals surface area contributed by atoms with E-state index >= 15 is 0 Å². The van der Waals surface area contributed by atoms with E-state index < -0.39 is 40.5 Å². The van der Waals surface area contributed by atoms with Crippen LogP contribution in [0.2, 0.25) is 0 Å². The van der Waals surface area contributed by atoms with Crippen molar-refractivity contribution in [3.8, 4) is 17.6 Å². The Kier molecular flexibility index (Phi) is 9.21. The number of carbonyl (C=O) groups is 3. The number of aliphatic carboxylic acids is 1. The van der Waals surface area contributed by atoms with Crippen molar-refractivity contribution in [1.82, 2.24) is 15.5 Å². The number of halogens is 2. The molecule has 10 nitrogen and oxygen atoms in total. The summed E-state index contributed by atoms with van der Waals surface area (Å²) in [6, 6.07) is 4.19. The minimum atomic E-state index is -2.93. The summed E-state index contributed by atoms with van der Waals surface area (Å²) >= 11 is 0. The number of ether oxygens (including phenoxy) is 2. The quantitative estimate of drug-likeness (QED) is 0.248. The second kappa shape index (κ2) is 12.7. The van der Waals surface area contributed by atoms with Gasteiger partial charge in [0.15, 0.2) is 0 Å². The van der Waals surface area contributed by atoms with Gasteiger partial charge in [-0.3, -0.25) is 19.3 Å². The van der Waals surface area contributed by atoms with Gasteiger partial charge < -0.3 is 25.2 Å². The van der Waals surface area contributed by atoms with Gasteiger partial charge in [-0.1, -0.05) is 22.6 Å². The Hall–Kier alpha value is -3.03. The predicted octanol–water partition coefficient (Wildman–Crippen LogP) is 4.95. The van der Waals surface area contributed by atoms with Gasteiger partial charge in [-0.15, -0.1) is 0 Å². The number of benzene rings is 1. The molecule has 0 radical (unpaired) electrons. The topological polar surface area (TPSA) is 141 Å². The van der Waals surface area contributed by atoms with Gasteiger partial charge in [-0.05, 0) is 81.6 Å². The number of alkyl halides is 2. The van der Waals surface area contributed by atoms with E-state index in [1.807, 2.05) is 0 Å². The molecule has 2 unspecified atom stereocenters. The summed E-state index contributed by atoms with van der Waals surface area (Å²) < 4.78 is 39.7. The summed E-state index contributed by atoms with van der Waals surface area (Å²) in [7, 11) is 3.01. The highest BCUT2D eigenvalue weighted by molar-refractivity contribution is 7.18. The maximum atomic E-state index is 14.1. The van der Waals surface area contributed by atoms with Gasteiger partial charge in [0, 0.05) is 37.2 Å². The molecule has 2 amide bonds. The van der Waals surface area contributed by atoms with E-state index in [0.717, 1.165) is 32.1 Å². The summed E-state index contributed by atoms with van der Waals surface area (Å²) in [4.78, 5) is 41.7. The second-order valence-corrected chi connectivity index (χ2v) is 16.4. The highest BCUT2D eigenvalue weighted by Crippen LogP contribution is 2.68. The lowest BCUT2D eigenvalue weighted by Crippen LogP contribution is -2.54. The van der Waals surface area contributed by atoms with Crippen molar-refractivity contribution < 1.29 is 37.7 Å². The monoisotopic (exact) mass is 688 g/mol. The summed E-state index contributed by atoms with van der Waals surface area (Å²) in [5, 5.41) is 25.7. The van der Waals surface area contributed by atoms with Crippen LogP contribution in [0.4, 0.5) is 8.78 Å². The van der Waals surface area contributed by atoms with Crippen molar-refractivity contribution >= 4 is 27.0 Å². The fourth-order valence-corrected chi connectivity index (χ4v) is 9.09. The van der Waals surface area contributed by atoms with Gasteiger partial charge in [0.25, 0.3) is 11.6 Å². The van der Waals surface area contributed by atoms with E-state index in [-0.39, 0.29) is 71.4 Å². The number of rotatable bonds is 13. The molecule has 2 saturated heterocycles. The van der Waals surface area contributed by atoms with Crippen LogP contribution in [-0.4, -0.2) is 77.9 Å². The number of nitrogens with zero attached hydrogens (tertiary/aromatic N) is 2. The van der Waals surface area contributed by atoms with Crippen molar-refractivity contribution in [2.45, 2.75) is 101 Å². The average Bonchev–Trinajstić information content (AvgIpc) is 3.60. The van der Waals surface area contributed by atoms with Crippen molar-refractivity contribution in [2.75, 3.05) is 26.8 Å². The Bertz CT molecular complexity index is 1500. The van der Waals surface area contributed by atoms with Crippen LogP contribution in [0.15, 0.2) is 12.1 Å². The van der Waals surface area contributed by atoms with Gasteiger partial charge in [0.05, 0.1) is 42.2 Å². The lowest BCUT2D eigenvalue weighted by Gasteiger charge is -2.39. The first-order valence-corrected chi connectivity index (χ1v) is 17.7. The van der Waals surface area contributed by atoms with Gasteiger partial charge in [-0.25, -0.2) is 8.78 Å². The van der Waals surface area contributed by atoms with Crippen LogP contribution >= 0.6 is 9.24 Å². The largest absolute Gasteiger partial charge is 0.496 e. The standard InChI is InChI=1S/C35H47F2N4O6P/c1-32(7-4-8-32)19-39-30(43)27-28(24-14-22-16-34(22,27)41(24)12-11-35(36,37)48)40-29(42)23-15-25(21(17-38)13-26(23)46-3)47-18-20-5-9-33(2,10-6-20)31(44)45/h13,15,20,22,24,27-28H,4-12,14,16,18-19,48H2,1-3H3,(H,39,43)(H,40,42)(H,44,45)/t20?,22?,24-,27-,28+,33?,34+/m0/s1. The van der Waals surface area contributed by atoms with Crippen molar-refractivity contribution in [1.29, 1.82) is 5.26 Å². The Labute approximate surface area is 282 Å². The predicted molar refractivity (Wildman–Crippen MR) is 176 cm³/mol. The number of fused-ring (bicyclic) bond motifs is 1. The molecule has 6 atom stereocenters. The number of methoxy groups -OCH3 is 1. The summed E-state index contributed by atoms with van der Waals surface area (Å²) in [5.41, 5.74) is -3.85. The van der Waals surface area contributed by atoms with Crippen molar-refractivity contribution in [3.63, 3.8) is 0 Å². The number of carboxylic acids is 1. The molecule has 2 heterocycles. The van der Waals surface area contributed by atoms with Crippen LogP contribution in [0, 0.1) is 39.9 Å². The summed E-state index contributed by atoms with van der Waals surface area (Å²) in [6.45, 7) is 4.84. The van der Waals surface area contributed by atoms with Crippen molar-refractivity contribution in [3.05, 3.63) is 23.3 Å². The molecule has 5 aliphatic rings. The van der Waals surface area contributed by atoms with Crippen LogP contribution in [0.25, 0.3) is 0 Å². The summed E-state index contributed by atoms with van der Waals surface area (Å²) in [5.74, 6) is -1.32. The van der Waals surface area contributed by atoms with Gasteiger partial charge in [0.1, 0.15) is 17.6 Å². The minimum Gasteiger partial charge on any atom is -0.496 e. The van der Waals surface area contributed by atoms with Gasteiger partial charge >= 0.3 is 5.97 Å². The molecule has 262 valence electrons. The van der Waals surface area contributed by atoms with E-state index in [4.69, 9.17) is 9.47 Å². The third-order valence-corrected chi connectivity index (χ3v) is 12.6. The van der Waals surface area contributed by atoms with Crippen LogP contribution in [0.3, 0.4) is 0 Å². The first-order valence-electron chi connectivity index (χ1n) is 17.1. The molecule has 0 aromatic heterocycles. The fraction of sp³-hybridized carbons (Fsp3) is 0.714. The molecule has 1 spiro atoms. The number of carboxylic acid groups (broad SMARTS) is 1. The minimum absolute atomic E-state index is 0.0492. The average molecular weight is 689 g/mol. The molecule has 3 aliphatic carbocycles. The number of nitriles is 1. The lowest BCUT2D eigenvalue weighted by atomic mass is 9.70. The zero-order valence-corrected chi connectivity index (χ0v) is 29.1. The summed E-state index contributed by atoms with van der Waals surface area (Å²) in [6.07, 6.45) is 6.69. The molecule has 2 bridgehead atoms. The van der Waals surface area contributed by atoms with Crippen LogP contribution in [0.5, 0.6) is 11.5 Å². The molecule has 2 aliphatic heterocycles.